The van der Waals surface area contributed by atoms with E-state index in [4.69, 9.17) is 5.11 Å². The lowest BCUT2D eigenvalue weighted by Gasteiger charge is -2.10. The highest BCUT2D eigenvalue weighted by molar-refractivity contribution is 5.47. The van der Waals surface area contributed by atoms with E-state index >= 15 is 0 Å². The molecule has 1 radical (unpaired) electrons. The molecule has 2 nitrogen and oxygen atoms in total. The molecule has 16 heavy (non-hydrogen) atoms. The van der Waals surface area contributed by atoms with Crippen molar-refractivity contribution in [1.29, 1.82) is 0 Å². The molecule has 1 aromatic carbocycles. The van der Waals surface area contributed by atoms with E-state index in [-0.39, 0.29) is 0 Å². The van der Waals surface area contributed by atoms with Crippen molar-refractivity contribution in [2.24, 2.45) is 0 Å². The first-order chi connectivity index (χ1) is 7.68. The van der Waals surface area contributed by atoms with E-state index in [1.165, 1.54) is 5.56 Å². The highest BCUT2D eigenvalue weighted by Gasteiger charge is 2.16. The van der Waals surface area contributed by atoms with Gasteiger partial charge in [-0.2, -0.15) is 0 Å². The number of rotatable bonds is 4. The summed E-state index contributed by atoms with van der Waals surface area (Å²) in [7, 11) is 0. The number of phenolic OH excluding ortho intramolecular Hbond substituents is 1. The molecule has 1 aliphatic rings. The van der Waals surface area contributed by atoms with Crippen LogP contribution in [0.3, 0.4) is 0 Å². The van der Waals surface area contributed by atoms with Gasteiger partial charge in [-0.1, -0.05) is 12.1 Å². The topological polar surface area (TPSA) is 40.5 Å². The van der Waals surface area contributed by atoms with Crippen LogP contribution in [0.15, 0.2) is 12.1 Å². The number of fused-ring (bicyclic) bond motifs is 1. The smallest absolute Gasteiger partial charge is 0.122 e. The van der Waals surface area contributed by atoms with E-state index < -0.39 is 6.10 Å². The minimum absolute atomic E-state index is 0.489. The maximum atomic E-state index is 10.1. The number of hydrogen-bond acceptors (Lipinski definition) is 2. The third-order valence-electron chi connectivity index (χ3n) is 3.32. The van der Waals surface area contributed by atoms with Gasteiger partial charge < -0.3 is 10.2 Å². The van der Waals surface area contributed by atoms with Crippen molar-refractivity contribution >= 4 is 0 Å². The molecule has 87 valence electrons. The number of aryl methyl sites for hydroxylation is 2. The fraction of sp³-hybridized carbons (Fsp3) is 0.500. The molecule has 2 N–H and O–H groups in total. The van der Waals surface area contributed by atoms with E-state index in [0.29, 0.717) is 12.2 Å². The van der Waals surface area contributed by atoms with Crippen LogP contribution in [0.2, 0.25) is 0 Å². The van der Waals surface area contributed by atoms with Gasteiger partial charge in [-0.3, -0.25) is 0 Å². The molecule has 1 atom stereocenters. The fourth-order valence-corrected chi connectivity index (χ4v) is 2.43. The van der Waals surface area contributed by atoms with Crippen molar-refractivity contribution in [3.8, 4) is 5.75 Å². The Morgan fingerprint density at radius 2 is 2.12 bits per heavy atom. The fourth-order valence-electron chi connectivity index (χ4n) is 2.43. The van der Waals surface area contributed by atoms with Gasteiger partial charge in [-0.05, 0) is 62.1 Å². The van der Waals surface area contributed by atoms with E-state index in [1.807, 2.05) is 6.07 Å². The van der Waals surface area contributed by atoms with Crippen molar-refractivity contribution in [3.05, 3.63) is 35.7 Å². The Balaban J connectivity index is 2.05. The summed E-state index contributed by atoms with van der Waals surface area (Å²) in [4.78, 5) is 0. The lowest BCUT2D eigenvalue weighted by atomic mass is 10.00. The maximum Gasteiger partial charge on any atom is 0.122 e. The highest BCUT2D eigenvalue weighted by Crippen LogP contribution is 2.33. The van der Waals surface area contributed by atoms with Gasteiger partial charge in [-0.15, -0.1) is 0 Å². The van der Waals surface area contributed by atoms with Gasteiger partial charge in [0.15, 0.2) is 0 Å². The third kappa shape index (κ3) is 2.38. The van der Waals surface area contributed by atoms with Gasteiger partial charge in [0.25, 0.3) is 0 Å². The Morgan fingerprint density at radius 3 is 2.88 bits per heavy atom. The Bertz CT molecular complexity index is 369. The summed E-state index contributed by atoms with van der Waals surface area (Å²) in [6.07, 6.45) is 5.16. The summed E-state index contributed by atoms with van der Waals surface area (Å²) >= 11 is 0. The Morgan fingerprint density at radius 1 is 1.31 bits per heavy atom. The van der Waals surface area contributed by atoms with E-state index in [0.717, 1.165) is 43.2 Å². The minimum Gasteiger partial charge on any atom is -0.507 e. The number of phenols is 1. The van der Waals surface area contributed by atoms with Gasteiger partial charge in [0.05, 0.1) is 6.10 Å². The van der Waals surface area contributed by atoms with Crippen LogP contribution in [0, 0.1) is 6.92 Å². The molecule has 0 amide bonds. The van der Waals surface area contributed by atoms with E-state index in [1.54, 1.807) is 0 Å². The molecule has 0 spiro atoms. The molecular formula is C14H19O2. The molecule has 0 fully saturated rings. The Hall–Kier alpha value is -1.02. The van der Waals surface area contributed by atoms with Crippen molar-refractivity contribution in [2.75, 3.05) is 0 Å². The summed E-state index contributed by atoms with van der Waals surface area (Å²) in [6.45, 7) is 3.54. The zero-order chi connectivity index (χ0) is 11.5. The second kappa shape index (κ2) is 4.88. The first-order valence-electron chi connectivity index (χ1n) is 6.02. The summed E-state index contributed by atoms with van der Waals surface area (Å²) < 4.78 is 0. The molecular weight excluding hydrogens is 200 g/mol. The molecule has 1 aliphatic carbocycles. The van der Waals surface area contributed by atoms with Gasteiger partial charge >= 0.3 is 0 Å². The second-order valence-corrected chi connectivity index (χ2v) is 4.61. The normalized spacial score (nSPS) is 16.1. The van der Waals surface area contributed by atoms with Crippen LogP contribution in [0.1, 0.15) is 36.0 Å². The first-order valence-corrected chi connectivity index (χ1v) is 6.02. The summed E-state index contributed by atoms with van der Waals surface area (Å²) in [5.41, 5.74) is 3.47. The first kappa shape index (κ1) is 11.5. The van der Waals surface area contributed by atoms with Gasteiger partial charge in [0.1, 0.15) is 5.75 Å². The SMILES string of the molecule is [CH2][C@H](O)CCCc1ccc2c(c1O)CCC2. The van der Waals surface area contributed by atoms with Crippen LogP contribution in [0.25, 0.3) is 0 Å². The van der Waals surface area contributed by atoms with Crippen LogP contribution >= 0.6 is 0 Å². The monoisotopic (exact) mass is 219 g/mol. The molecule has 0 bridgehead atoms. The predicted molar refractivity (Wildman–Crippen MR) is 64.4 cm³/mol. The van der Waals surface area contributed by atoms with E-state index in [9.17, 15) is 5.11 Å². The number of benzene rings is 1. The van der Waals surface area contributed by atoms with Crippen molar-refractivity contribution < 1.29 is 10.2 Å². The zero-order valence-electron chi connectivity index (χ0n) is 9.58. The van der Waals surface area contributed by atoms with Crippen LogP contribution in [-0.2, 0) is 19.3 Å². The molecule has 0 unspecified atom stereocenters. The minimum atomic E-state index is -0.489. The van der Waals surface area contributed by atoms with Crippen molar-refractivity contribution in [3.63, 3.8) is 0 Å². The number of aliphatic hydroxyl groups is 1. The number of aliphatic hydroxyl groups excluding tert-OH is 1. The van der Waals surface area contributed by atoms with Gasteiger partial charge in [0, 0.05) is 0 Å². The number of hydrogen-bond donors (Lipinski definition) is 2. The predicted octanol–water partition coefficient (Wildman–Crippen LogP) is 2.40. The van der Waals surface area contributed by atoms with Gasteiger partial charge in [-0.25, -0.2) is 0 Å². The largest absolute Gasteiger partial charge is 0.507 e. The molecule has 1 aromatic rings. The van der Waals surface area contributed by atoms with Crippen LogP contribution in [-0.4, -0.2) is 16.3 Å². The van der Waals surface area contributed by atoms with Crippen LogP contribution in [0.5, 0.6) is 5.75 Å². The highest BCUT2D eigenvalue weighted by atomic mass is 16.3. The van der Waals surface area contributed by atoms with Crippen LogP contribution in [0.4, 0.5) is 0 Å². The molecule has 0 heterocycles. The lowest BCUT2D eigenvalue weighted by Crippen LogP contribution is -2.01. The summed E-state index contributed by atoms with van der Waals surface area (Å²) in [5.74, 6) is 0.494. The average Bonchev–Trinajstić information content (AvgIpc) is 2.69. The van der Waals surface area contributed by atoms with Crippen LogP contribution < -0.4 is 0 Å². The standard InChI is InChI=1S/C14H19O2/c1-10(15)4-2-6-12-9-8-11-5-3-7-13(11)14(12)16/h8-10,15-16H,1-7H2/t10-/m0/s1. The third-order valence-corrected chi connectivity index (χ3v) is 3.32. The second-order valence-electron chi connectivity index (χ2n) is 4.61. The summed E-state index contributed by atoms with van der Waals surface area (Å²) in [6, 6.07) is 4.16. The van der Waals surface area contributed by atoms with E-state index in [2.05, 4.69) is 13.0 Å². The molecule has 0 aromatic heterocycles. The quantitative estimate of drug-likeness (QED) is 0.816. The van der Waals surface area contributed by atoms with Crippen molar-refractivity contribution in [1.82, 2.24) is 0 Å². The van der Waals surface area contributed by atoms with Crippen molar-refractivity contribution in [2.45, 2.75) is 44.6 Å². The molecule has 0 aliphatic heterocycles. The molecule has 0 saturated heterocycles. The lowest BCUT2D eigenvalue weighted by molar-refractivity contribution is 0.207. The maximum absolute atomic E-state index is 10.1. The van der Waals surface area contributed by atoms with Gasteiger partial charge in [0.2, 0.25) is 0 Å². The number of aromatic hydroxyl groups is 1. The molecule has 2 rings (SSSR count). The molecule has 0 saturated carbocycles. The Kier molecular flexibility index (Phi) is 3.49. The average molecular weight is 219 g/mol. The molecule has 2 heteroatoms. The zero-order valence-corrected chi connectivity index (χ0v) is 9.58. The Labute approximate surface area is 96.9 Å². The summed E-state index contributed by atoms with van der Waals surface area (Å²) in [5, 5.41) is 19.2.